The Morgan fingerprint density at radius 2 is 0.522 bits per heavy atom. The number of hydrogen-bond acceptors (Lipinski definition) is 3. The maximum Gasteiger partial charge on any atom is 0.164 e. The summed E-state index contributed by atoms with van der Waals surface area (Å²) in [6, 6.07) is 61.2. The van der Waals surface area contributed by atoms with Gasteiger partial charge in [-0.1, -0.05) is 170 Å². The van der Waals surface area contributed by atoms with Gasteiger partial charge in [0.2, 0.25) is 0 Å². The minimum absolute atomic E-state index is 0.643. The first-order valence-electron chi connectivity index (χ1n) is 15.4. The second kappa shape index (κ2) is 12.1. The number of benzene rings is 7. The Hall–Kier alpha value is -6.19. The van der Waals surface area contributed by atoms with Crippen molar-refractivity contribution in [3.05, 3.63) is 176 Å². The Morgan fingerprint density at radius 1 is 0.217 bits per heavy atom. The molecular formula is C43H29N3. The molecule has 1 aromatic heterocycles. The highest BCUT2D eigenvalue weighted by Crippen LogP contribution is 2.30. The molecular weight excluding hydrogens is 558 g/mol. The Bertz CT molecular complexity index is 2160. The lowest BCUT2D eigenvalue weighted by Crippen LogP contribution is -2.00. The quantitative estimate of drug-likeness (QED) is 0.194. The van der Waals surface area contributed by atoms with E-state index in [9.17, 15) is 0 Å². The predicted molar refractivity (Wildman–Crippen MR) is 190 cm³/mol. The predicted octanol–water partition coefficient (Wildman–Crippen LogP) is 11.0. The number of rotatable bonds is 6. The van der Waals surface area contributed by atoms with Gasteiger partial charge in [-0.05, 0) is 50.2 Å². The summed E-state index contributed by atoms with van der Waals surface area (Å²) in [6.07, 6.45) is 0. The normalized spacial score (nSPS) is 11.0. The van der Waals surface area contributed by atoms with Gasteiger partial charge in [0.15, 0.2) is 17.5 Å². The molecule has 0 bridgehead atoms. The highest BCUT2D eigenvalue weighted by atomic mass is 15.0. The Morgan fingerprint density at radius 3 is 0.957 bits per heavy atom. The van der Waals surface area contributed by atoms with E-state index in [1.54, 1.807) is 0 Å². The van der Waals surface area contributed by atoms with Crippen LogP contribution in [-0.2, 0) is 0 Å². The molecule has 0 radical (unpaired) electrons. The third-order valence-corrected chi connectivity index (χ3v) is 8.36. The average Bonchev–Trinajstić information content (AvgIpc) is 3.15. The van der Waals surface area contributed by atoms with E-state index in [0.29, 0.717) is 17.5 Å². The van der Waals surface area contributed by atoms with Crippen molar-refractivity contribution in [2.75, 3.05) is 0 Å². The Labute approximate surface area is 268 Å². The lowest BCUT2D eigenvalue weighted by molar-refractivity contribution is 1.07. The molecule has 0 aliphatic heterocycles. The van der Waals surface area contributed by atoms with E-state index in [-0.39, 0.29) is 0 Å². The van der Waals surface area contributed by atoms with Crippen LogP contribution in [0.5, 0.6) is 0 Å². The fourth-order valence-electron chi connectivity index (χ4n) is 5.83. The van der Waals surface area contributed by atoms with Gasteiger partial charge in [-0.15, -0.1) is 0 Å². The van der Waals surface area contributed by atoms with Crippen LogP contribution in [0.3, 0.4) is 0 Å². The maximum absolute atomic E-state index is 4.99. The molecule has 0 saturated carbocycles. The zero-order valence-corrected chi connectivity index (χ0v) is 25.1. The van der Waals surface area contributed by atoms with Crippen LogP contribution in [0.1, 0.15) is 0 Å². The molecule has 0 atom stereocenters. The summed E-state index contributed by atoms with van der Waals surface area (Å²) in [5, 5.41) is 2.47. The molecule has 7 aromatic carbocycles. The van der Waals surface area contributed by atoms with Gasteiger partial charge in [0.1, 0.15) is 0 Å². The number of fused-ring (bicyclic) bond motifs is 1. The first kappa shape index (κ1) is 27.4. The lowest BCUT2D eigenvalue weighted by atomic mass is 10.00. The largest absolute Gasteiger partial charge is 0.208 e. The minimum Gasteiger partial charge on any atom is -0.208 e. The van der Waals surface area contributed by atoms with Crippen molar-refractivity contribution in [2.45, 2.75) is 0 Å². The molecule has 46 heavy (non-hydrogen) atoms. The Balaban J connectivity index is 1.18. The van der Waals surface area contributed by atoms with Gasteiger partial charge < -0.3 is 0 Å². The van der Waals surface area contributed by atoms with Crippen LogP contribution in [-0.4, -0.2) is 15.0 Å². The number of nitrogens with zero attached hydrogens (tertiary/aromatic N) is 3. The maximum atomic E-state index is 4.99. The molecule has 3 nitrogen and oxygen atoms in total. The summed E-state index contributed by atoms with van der Waals surface area (Å²) in [5.41, 5.74) is 9.82. The summed E-state index contributed by atoms with van der Waals surface area (Å²) >= 11 is 0. The molecule has 1 heterocycles. The van der Waals surface area contributed by atoms with Gasteiger partial charge in [-0.25, -0.2) is 15.0 Å². The monoisotopic (exact) mass is 587 g/mol. The van der Waals surface area contributed by atoms with Gasteiger partial charge in [0, 0.05) is 16.7 Å². The zero-order valence-electron chi connectivity index (χ0n) is 25.1. The highest BCUT2D eigenvalue weighted by Gasteiger charge is 2.13. The van der Waals surface area contributed by atoms with Gasteiger partial charge in [0.05, 0.1) is 0 Å². The van der Waals surface area contributed by atoms with Gasteiger partial charge in [-0.3, -0.25) is 0 Å². The summed E-state index contributed by atoms with van der Waals surface area (Å²) < 4.78 is 0. The smallest absolute Gasteiger partial charge is 0.164 e. The van der Waals surface area contributed by atoms with E-state index >= 15 is 0 Å². The van der Waals surface area contributed by atoms with Crippen LogP contribution in [0.2, 0.25) is 0 Å². The number of aromatic nitrogens is 3. The van der Waals surface area contributed by atoms with Crippen molar-refractivity contribution in [3.63, 3.8) is 0 Å². The third kappa shape index (κ3) is 5.58. The standard InChI is InChI=1S/C43H29N3/c1-3-9-30(10-4-1)33-15-22-36(23-16-33)41-44-42(37-24-17-34(18-25-37)31-11-5-2-6-12-31)46-43(45-41)38-26-19-35(20-27-38)40-28-21-32-13-7-8-14-39(32)29-40/h1-29H. The van der Waals surface area contributed by atoms with Crippen LogP contribution in [0.25, 0.3) is 78.3 Å². The van der Waals surface area contributed by atoms with E-state index in [1.165, 1.54) is 27.5 Å². The van der Waals surface area contributed by atoms with Crippen LogP contribution >= 0.6 is 0 Å². The molecule has 0 spiro atoms. The van der Waals surface area contributed by atoms with E-state index in [1.807, 2.05) is 12.1 Å². The van der Waals surface area contributed by atoms with E-state index in [0.717, 1.165) is 33.4 Å². The van der Waals surface area contributed by atoms with E-state index < -0.39 is 0 Å². The van der Waals surface area contributed by atoms with Crippen molar-refractivity contribution in [1.29, 1.82) is 0 Å². The first-order chi connectivity index (χ1) is 22.8. The van der Waals surface area contributed by atoms with E-state index in [4.69, 9.17) is 15.0 Å². The Kier molecular flexibility index (Phi) is 7.18. The second-order valence-electron chi connectivity index (χ2n) is 11.3. The summed E-state index contributed by atoms with van der Waals surface area (Å²) in [6.45, 7) is 0. The zero-order chi connectivity index (χ0) is 30.7. The van der Waals surface area contributed by atoms with Gasteiger partial charge >= 0.3 is 0 Å². The van der Waals surface area contributed by atoms with E-state index in [2.05, 4.69) is 164 Å². The van der Waals surface area contributed by atoms with Crippen molar-refractivity contribution < 1.29 is 0 Å². The lowest BCUT2D eigenvalue weighted by Gasteiger charge is -2.10. The minimum atomic E-state index is 0.643. The fourth-order valence-corrected chi connectivity index (χ4v) is 5.83. The summed E-state index contributed by atoms with van der Waals surface area (Å²) in [4.78, 5) is 15.0. The first-order valence-corrected chi connectivity index (χ1v) is 15.4. The summed E-state index contributed by atoms with van der Waals surface area (Å²) in [7, 11) is 0. The highest BCUT2D eigenvalue weighted by molar-refractivity contribution is 5.87. The summed E-state index contributed by atoms with van der Waals surface area (Å²) in [5.74, 6) is 1.93. The molecule has 0 amide bonds. The molecule has 0 aliphatic rings. The third-order valence-electron chi connectivity index (χ3n) is 8.36. The topological polar surface area (TPSA) is 38.7 Å². The molecule has 0 unspecified atom stereocenters. The molecule has 0 N–H and O–H groups in total. The van der Waals surface area contributed by atoms with Crippen molar-refractivity contribution in [3.8, 4) is 67.5 Å². The average molecular weight is 588 g/mol. The van der Waals surface area contributed by atoms with Crippen LogP contribution < -0.4 is 0 Å². The van der Waals surface area contributed by atoms with Crippen molar-refractivity contribution in [2.24, 2.45) is 0 Å². The SMILES string of the molecule is c1ccc(-c2ccc(-c3nc(-c4ccc(-c5ccccc5)cc4)nc(-c4ccc(-c5ccc6ccccc6c5)cc4)n3)cc2)cc1. The van der Waals surface area contributed by atoms with Crippen molar-refractivity contribution >= 4 is 10.8 Å². The molecule has 0 saturated heterocycles. The van der Waals surface area contributed by atoms with Crippen LogP contribution in [0, 0.1) is 0 Å². The molecule has 8 aromatic rings. The molecule has 0 fully saturated rings. The fraction of sp³-hybridized carbons (Fsp3) is 0. The molecule has 3 heteroatoms. The van der Waals surface area contributed by atoms with Crippen molar-refractivity contribution in [1.82, 2.24) is 15.0 Å². The number of hydrogen-bond donors (Lipinski definition) is 0. The van der Waals surface area contributed by atoms with Gasteiger partial charge in [-0.2, -0.15) is 0 Å². The molecule has 8 rings (SSSR count). The molecule has 216 valence electrons. The van der Waals surface area contributed by atoms with Crippen LogP contribution in [0.15, 0.2) is 176 Å². The second-order valence-corrected chi connectivity index (χ2v) is 11.3. The molecule has 0 aliphatic carbocycles. The van der Waals surface area contributed by atoms with Gasteiger partial charge in [0.25, 0.3) is 0 Å². The van der Waals surface area contributed by atoms with Crippen LogP contribution in [0.4, 0.5) is 0 Å².